The third-order valence-corrected chi connectivity index (χ3v) is 4.38. The summed E-state index contributed by atoms with van der Waals surface area (Å²) in [5, 5.41) is 0. The van der Waals surface area contributed by atoms with Gasteiger partial charge in [0.25, 0.3) is 0 Å². The van der Waals surface area contributed by atoms with Crippen LogP contribution >= 0.6 is 0 Å². The topological polar surface area (TPSA) is 64.2 Å². The predicted molar refractivity (Wildman–Crippen MR) is 85.0 cm³/mol. The highest BCUT2D eigenvalue weighted by atomic mass is 19.1. The van der Waals surface area contributed by atoms with Crippen molar-refractivity contribution < 1.29 is 13.6 Å². The zero-order valence-corrected chi connectivity index (χ0v) is 13.5. The fourth-order valence-corrected chi connectivity index (χ4v) is 3.08. The fraction of sp³-hybridized carbons (Fsp3) is 0.412. The minimum atomic E-state index is -0.557. The van der Waals surface area contributed by atoms with Crippen LogP contribution in [0, 0.1) is 11.6 Å². The molecule has 1 atom stereocenters. The molecular formula is C17H20F2N4O. The molecule has 24 heavy (non-hydrogen) atoms. The lowest BCUT2D eigenvalue weighted by molar-refractivity contribution is -0.132. The van der Waals surface area contributed by atoms with Crippen molar-refractivity contribution in [2.45, 2.75) is 31.8 Å². The Morgan fingerprint density at radius 1 is 1.42 bits per heavy atom. The summed E-state index contributed by atoms with van der Waals surface area (Å²) in [5.74, 6) is -1.10. The Bertz CT molecular complexity index is 759. The van der Waals surface area contributed by atoms with Gasteiger partial charge >= 0.3 is 0 Å². The molecule has 0 unspecified atom stereocenters. The van der Waals surface area contributed by atoms with Crippen LogP contribution in [0.2, 0.25) is 0 Å². The van der Waals surface area contributed by atoms with Crippen molar-refractivity contribution >= 4 is 5.91 Å². The van der Waals surface area contributed by atoms with E-state index in [0.29, 0.717) is 13.1 Å². The monoisotopic (exact) mass is 334 g/mol. The molecule has 2 aromatic rings. The largest absolute Gasteiger partial charge is 0.337 e. The molecule has 7 heteroatoms. The van der Waals surface area contributed by atoms with Crippen molar-refractivity contribution in [3.05, 3.63) is 53.1 Å². The van der Waals surface area contributed by atoms with Crippen LogP contribution in [0.5, 0.6) is 0 Å². The van der Waals surface area contributed by atoms with Gasteiger partial charge in [-0.05, 0) is 30.2 Å². The maximum absolute atomic E-state index is 13.7. The summed E-state index contributed by atoms with van der Waals surface area (Å²) in [6, 6.07) is 2.71. The second kappa shape index (κ2) is 6.68. The minimum absolute atomic E-state index is 0.0874. The van der Waals surface area contributed by atoms with Crippen molar-refractivity contribution in [2.75, 3.05) is 6.54 Å². The molecule has 2 heterocycles. The molecule has 1 amide bonds. The normalized spacial score (nSPS) is 15.2. The van der Waals surface area contributed by atoms with Crippen LogP contribution in [0.4, 0.5) is 8.78 Å². The maximum atomic E-state index is 13.7. The Morgan fingerprint density at radius 3 is 3.00 bits per heavy atom. The van der Waals surface area contributed by atoms with E-state index < -0.39 is 17.7 Å². The molecule has 1 aliphatic heterocycles. The van der Waals surface area contributed by atoms with E-state index in [9.17, 15) is 13.6 Å². The first-order valence-electron chi connectivity index (χ1n) is 7.90. The standard InChI is InChI=1S/C17H20F2N4O/c1-22-10-21-15-9-23(5-4-16(15)22)17(24)8-13(20)7-11-6-12(18)2-3-14(11)19/h2-3,6,10,13H,4-5,7-9,20H2,1H3/t13-/m1/s1. The molecule has 0 radical (unpaired) electrons. The zero-order chi connectivity index (χ0) is 17.3. The van der Waals surface area contributed by atoms with Gasteiger partial charge in [0.05, 0.1) is 18.6 Å². The van der Waals surface area contributed by atoms with Crippen molar-refractivity contribution in [1.82, 2.24) is 14.5 Å². The molecule has 128 valence electrons. The molecular weight excluding hydrogens is 314 g/mol. The molecule has 5 nitrogen and oxygen atoms in total. The van der Waals surface area contributed by atoms with E-state index in [-0.39, 0.29) is 24.3 Å². The van der Waals surface area contributed by atoms with Crippen molar-refractivity contribution in [3.63, 3.8) is 0 Å². The van der Waals surface area contributed by atoms with E-state index in [4.69, 9.17) is 5.73 Å². The summed E-state index contributed by atoms with van der Waals surface area (Å²) in [6.45, 7) is 1.09. The van der Waals surface area contributed by atoms with E-state index in [1.165, 1.54) is 0 Å². The lowest BCUT2D eigenvalue weighted by atomic mass is 10.0. The Balaban J connectivity index is 1.59. The van der Waals surface area contributed by atoms with Crippen LogP contribution in [0.25, 0.3) is 0 Å². The lowest BCUT2D eigenvalue weighted by Gasteiger charge is -2.28. The van der Waals surface area contributed by atoms with Gasteiger partial charge in [0.2, 0.25) is 5.91 Å². The third kappa shape index (κ3) is 3.46. The quantitative estimate of drug-likeness (QED) is 0.922. The number of hydrogen-bond donors (Lipinski definition) is 1. The van der Waals surface area contributed by atoms with Crippen LogP contribution in [-0.2, 0) is 31.2 Å². The van der Waals surface area contributed by atoms with Gasteiger partial charge in [0.1, 0.15) is 11.6 Å². The van der Waals surface area contributed by atoms with Crippen LogP contribution < -0.4 is 5.73 Å². The van der Waals surface area contributed by atoms with E-state index in [2.05, 4.69) is 4.98 Å². The van der Waals surface area contributed by atoms with E-state index in [1.54, 1.807) is 11.2 Å². The molecule has 1 aliphatic rings. The number of carbonyl (C=O) groups is 1. The summed E-state index contributed by atoms with van der Waals surface area (Å²) >= 11 is 0. The van der Waals surface area contributed by atoms with E-state index >= 15 is 0 Å². The summed E-state index contributed by atoms with van der Waals surface area (Å²) in [7, 11) is 1.94. The van der Waals surface area contributed by atoms with Crippen LogP contribution in [0.1, 0.15) is 23.4 Å². The molecule has 0 bridgehead atoms. The number of imidazole rings is 1. The number of hydrogen-bond acceptors (Lipinski definition) is 3. The molecule has 3 rings (SSSR count). The summed E-state index contributed by atoms with van der Waals surface area (Å²) in [5.41, 5.74) is 8.22. The maximum Gasteiger partial charge on any atom is 0.224 e. The third-order valence-electron chi connectivity index (χ3n) is 4.38. The van der Waals surface area contributed by atoms with Crippen molar-refractivity contribution in [3.8, 4) is 0 Å². The highest BCUT2D eigenvalue weighted by Gasteiger charge is 2.25. The number of benzene rings is 1. The number of nitrogens with zero attached hydrogens (tertiary/aromatic N) is 3. The number of rotatable bonds is 4. The molecule has 2 N–H and O–H groups in total. The van der Waals surface area contributed by atoms with Gasteiger partial charge in [-0.1, -0.05) is 0 Å². The predicted octanol–water partition coefficient (Wildman–Crippen LogP) is 1.54. The van der Waals surface area contributed by atoms with Gasteiger partial charge in [-0.25, -0.2) is 13.8 Å². The average Bonchev–Trinajstić information content (AvgIpc) is 2.91. The van der Waals surface area contributed by atoms with Crippen LogP contribution in [0.3, 0.4) is 0 Å². The fourth-order valence-electron chi connectivity index (χ4n) is 3.08. The molecule has 0 aliphatic carbocycles. The molecule has 0 saturated carbocycles. The number of carbonyl (C=O) groups excluding carboxylic acids is 1. The van der Waals surface area contributed by atoms with Gasteiger partial charge in [-0.2, -0.15) is 0 Å². The average molecular weight is 334 g/mol. The first-order chi connectivity index (χ1) is 11.4. The molecule has 1 aromatic heterocycles. The second-order valence-electron chi connectivity index (χ2n) is 6.22. The van der Waals surface area contributed by atoms with E-state index in [0.717, 1.165) is 36.0 Å². The molecule has 0 saturated heterocycles. The Hall–Kier alpha value is -2.28. The second-order valence-corrected chi connectivity index (χ2v) is 6.22. The number of amides is 1. The number of aromatic nitrogens is 2. The first kappa shape index (κ1) is 16.6. The van der Waals surface area contributed by atoms with Gasteiger partial charge in [-0.3, -0.25) is 4.79 Å². The molecule has 0 fully saturated rings. The lowest BCUT2D eigenvalue weighted by Crippen LogP contribution is -2.40. The van der Waals surface area contributed by atoms with Gasteiger partial charge in [0, 0.05) is 38.2 Å². The number of aryl methyl sites for hydroxylation is 1. The van der Waals surface area contributed by atoms with Gasteiger partial charge < -0.3 is 15.2 Å². The number of halogens is 2. The Kier molecular flexibility index (Phi) is 4.62. The minimum Gasteiger partial charge on any atom is -0.337 e. The Labute approximate surface area is 139 Å². The van der Waals surface area contributed by atoms with E-state index in [1.807, 2.05) is 11.6 Å². The highest BCUT2D eigenvalue weighted by Crippen LogP contribution is 2.18. The highest BCUT2D eigenvalue weighted by molar-refractivity contribution is 5.77. The SMILES string of the molecule is Cn1cnc2c1CCN(C(=O)C[C@H](N)Cc1cc(F)ccc1F)C2. The summed E-state index contributed by atoms with van der Waals surface area (Å²) in [6.07, 6.45) is 2.72. The van der Waals surface area contributed by atoms with Gasteiger partial charge in [-0.15, -0.1) is 0 Å². The van der Waals surface area contributed by atoms with Crippen molar-refractivity contribution in [2.24, 2.45) is 12.8 Å². The number of fused-ring (bicyclic) bond motifs is 1. The molecule has 0 spiro atoms. The van der Waals surface area contributed by atoms with Crippen LogP contribution in [-0.4, -0.2) is 32.9 Å². The zero-order valence-electron chi connectivity index (χ0n) is 13.5. The smallest absolute Gasteiger partial charge is 0.224 e. The number of nitrogens with two attached hydrogens (primary N) is 1. The summed E-state index contributed by atoms with van der Waals surface area (Å²) < 4.78 is 28.8. The van der Waals surface area contributed by atoms with Gasteiger partial charge in [0.15, 0.2) is 0 Å². The first-order valence-corrected chi connectivity index (χ1v) is 7.90. The van der Waals surface area contributed by atoms with Crippen LogP contribution in [0.15, 0.2) is 24.5 Å². The van der Waals surface area contributed by atoms with Crippen molar-refractivity contribution in [1.29, 1.82) is 0 Å². The molecule has 1 aromatic carbocycles. The Morgan fingerprint density at radius 2 is 2.21 bits per heavy atom. The summed E-state index contributed by atoms with van der Waals surface area (Å²) in [4.78, 5) is 18.4.